The number of benzene rings is 2. The van der Waals surface area contributed by atoms with Gasteiger partial charge in [0.05, 0.1) is 12.2 Å². The van der Waals surface area contributed by atoms with E-state index in [1.54, 1.807) is 18.2 Å². The van der Waals surface area contributed by atoms with Crippen molar-refractivity contribution in [1.82, 2.24) is 14.6 Å². The van der Waals surface area contributed by atoms with Crippen LogP contribution in [0, 0.1) is 0 Å². The number of hydrogen-bond donors (Lipinski definition) is 0. The average molecular weight is 538 g/mol. The lowest BCUT2D eigenvalue weighted by molar-refractivity contribution is -0.137. The van der Waals surface area contributed by atoms with E-state index < -0.39 is 11.7 Å². The van der Waals surface area contributed by atoms with Crippen molar-refractivity contribution < 1.29 is 22.3 Å². The summed E-state index contributed by atoms with van der Waals surface area (Å²) in [5.74, 6) is 1.81. The molecule has 10 heteroatoms. The van der Waals surface area contributed by atoms with E-state index in [1.807, 2.05) is 30.3 Å². The zero-order valence-electron chi connectivity index (χ0n) is 20.2. The Balaban J connectivity index is 1.32. The average Bonchev–Trinajstić information content (AvgIpc) is 3.60. The molecule has 5 rings (SSSR count). The van der Waals surface area contributed by atoms with Crippen LogP contribution in [0.1, 0.15) is 42.5 Å². The van der Waals surface area contributed by atoms with Crippen molar-refractivity contribution in [3.05, 3.63) is 98.3 Å². The molecule has 0 radical (unpaired) electrons. The van der Waals surface area contributed by atoms with E-state index >= 15 is 0 Å². The van der Waals surface area contributed by atoms with E-state index in [4.69, 9.17) is 9.15 Å². The Bertz CT molecular complexity index is 1700. The van der Waals surface area contributed by atoms with Gasteiger partial charge in [0.25, 0.3) is 5.56 Å². The van der Waals surface area contributed by atoms with Crippen LogP contribution in [0.25, 0.3) is 34.5 Å². The van der Waals surface area contributed by atoms with E-state index in [0.717, 1.165) is 47.6 Å². The number of aromatic nitrogens is 3. The van der Waals surface area contributed by atoms with Gasteiger partial charge in [-0.15, -0.1) is 5.10 Å². The van der Waals surface area contributed by atoms with Gasteiger partial charge >= 0.3 is 6.18 Å². The van der Waals surface area contributed by atoms with E-state index in [1.165, 1.54) is 22.7 Å². The minimum absolute atomic E-state index is 0.266. The number of hydrogen-bond acceptors (Lipinski definition) is 6. The summed E-state index contributed by atoms with van der Waals surface area (Å²) in [5.41, 5.74) is 0.113. The second-order valence-electron chi connectivity index (χ2n) is 8.47. The van der Waals surface area contributed by atoms with Gasteiger partial charge in [0, 0.05) is 11.6 Å². The molecule has 0 aliphatic carbocycles. The van der Waals surface area contributed by atoms with Gasteiger partial charge in [-0.1, -0.05) is 55.0 Å². The summed E-state index contributed by atoms with van der Waals surface area (Å²) >= 11 is 1.15. The monoisotopic (exact) mass is 537 g/mol. The number of unbranched alkanes of at least 4 members (excludes halogenated alkanes) is 1. The smallest absolute Gasteiger partial charge is 0.416 e. The molecule has 3 heterocycles. The van der Waals surface area contributed by atoms with Crippen LogP contribution in [0.5, 0.6) is 5.75 Å². The van der Waals surface area contributed by atoms with E-state index in [-0.39, 0.29) is 11.3 Å². The fourth-order valence-electron chi connectivity index (χ4n) is 3.66. The molecule has 2 aromatic carbocycles. The van der Waals surface area contributed by atoms with Crippen LogP contribution in [-0.4, -0.2) is 21.2 Å². The second-order valence-corrected chi connectivity index (χ2v) is 9.47. The molecule has 0 fully saturated rings. The summed E-state index contributed by atoms with van der Waals surface area (Å²) in [7, 11) is 0. The summed E-state index contributed by atoms with van der Waals surface area (Å²) in [6.07, 6.45) is 2.74. The first-order chi connectivity index (χ1) is 18.3. The highest BCUT2D eigenvalue weighted by Crippen LogP contribution is 2.32. The third-order valence-corrected chi connectivity index (χ3v) is 6.60. The first kappa shape index (κ1) is 25.5. The lowest BCUT2D eigenvalue weighted by Gasteiger charge is -2.07. The van der Waals surface area contributed by atoms with Gasteiger partial charge in [0.1, 0.15) is 21.8 Å². The van der Waals surface area contributed by atoms with Gasteiger partial charge in [-0.25, -0.2) is 0 Å². The number of furan rings is 1. The van der Waals surface area contributed by atoms with E-state index in [9.17, 15) is 18.0 Å². The number of rotatable bonds is 8. The zero-order valence-corrected chi connectivity index (χ0v) is 21.1. The summed E-state index contributed by atoms with van der Waals surface area (Å²) in [6, 6.07) is 15.7. The van der Waals surface area contributed by atoms with Crippen molar-refractivity contribution in [2.24, 2.45) is 0 Å². The Kier molecular flexibility index (Phi) is 7.15. The number of halogens is 3. The van der Waals surface area contributed by atoms with E-state index in [0.29, 0.717) is 33.2 Å². The minimum atomic E-state index is -4.45. The first-order valence-corrected chi connectivity index (χ1v) is 12.7. The summed E-state index contributed by atoms with van der Waals surface area (Å²) in [4.78, 5) is 17.7. The fourth-order valence-corrected chi connectivity index (χ4v) is 4.56. The van der Waals surface area contributed by atoms with Gasteiger partial charge < -0.3 is 9.15 Å². The lowest BCUT2D eigenvalue weighted by atomic mass is 10.1. The second kappa shape index (κ2) is 10.7. The molecular weight excluding hydrogens is 515 g/mol. The van der Waals surface area contributed by atoms with Crippen LogP contribution in [0.15, 0.2) is 69.9 Å². The molecule has 38 heavy (non-hydrogen) atoms. The van der Waals surface area contributed by atoms with Gasteiger partial charge in [-0.2, -0.15) is 22.7 Å². The maximum atomic E-state index is 13.0. The predicted molar refractivity (Wildman–Crippen MR) is 141 cm³/mol. The highest BCUT2D eigenvalue weighted by molar-refractivity contribution is 7.15. The number of ether oxygens (including phenoxy) is 1. The van der Waals surface area contributed by atoms with Gasteiger partial charge in [0.15, 0.2) is 5.82 Å². The summed E-state index contributed by atoms with van der Waals surface area (Å²) in [5, 5.41) is 4.28. The maximum Gasteiger partial charge on any atom is 0.416 e. The van der Waals surface area contributed by atoms with Gasteiger partial charge in [0.2, 0.25) is 4.96 Å². The Hall–Kier alpha value is -4.18. The molecule has 0 spiro atoms. The van der Waals surface area contributed by atoms with Crippen molar-refractivity contribution in [1.29, 1.82) is 0 Å². The van der Waals surface area contributed by atoms with Crippen LogP contribution in [0.2, 0.25) is 0 Å². The minimum Gasteiger partial charge on any atom is -0.494 e. The highest BCUT2D eigenvalue weighted by atomic mass is 32.1. The normalized spacial score (nSPS) is 12.7. The van der Waals surface area contributed by atoms with Crippen molar-refractivity contribution in [2.75, 3.05) is 6.61 Å². The molecule has 0 bridgehead atoms. The standard InChI is InChI=1S/C28H22F3N3O3S/c1-2-3-15-36-21-10-7-18(8-11-21)9-14-25-32-27-34(33-25)26(35)24(38-27)17-22-12-13-23(37-22)19-5-4-6-20(16-19)28(29,30)31/h4-14,16-17H,2-3,15H2,1H3/b14-9+,24-17-. The van der Waals surface area contributed by atoms with Crippen molar-refractivity contribution in [2.45, 2.75) is 25.9 Å². The maximum absolute atomic E-state index is 13.0. The van der Waals surface area contributed by atoms with Crippen molar-refractivity contribution in [3.8, 4) is 17.1 Å². The Labute approximate surface area is 219 Å². The summed E-state index contributed by atoms with van der Waals surface area (Å²) in [6.45, 7) is 2.80. The SMILES string of the molecule is CCCCOc1ccc(/C=C/c2nc3s/c(=C\c4ccc(-c5cccc(C(F)(F)F)c5)o4)c(=O)n3n2)cc1. The predicted octanol–water partition coefficient (Wildman–Crippen LogP) is 6.33. The Morgan fingerprint density at radius 2 is 1.89 bits per heavy atom. The van der Waals surface area contributed by atoms with Crippen LogP contribution in [0.3, 0.4) is 0 Å². The number of nitrogens with zero attached hydrogens (tertiary/aromatic N) is 3. The molecule has 0 aliphatic rings. The van der Waals surface area contributed by atoms with Crippen LogP contribution in [0.4, 0.5) is 13.2 Å². The van der Waals surface area contributed by atoms with Crippen molar-refractivity contribution in [3.63, 3.8) is 0 Å². The Morgan fingerprint density at radius 1 is 1.08 bits per heavy atom. The largest absolute Gasteiger partial charge is 0.494 e. The third-order valence-electron chi connectivity index (χ3n) is 5.64. The van der Waals surface area contributed by atoms with Crippen LogP contribution >= 0.6 is 11.3 Å². The number of thiazole rings is 1. The molecule has 0 saturated heterocycles. The molecule has 0 N–H and O–H groups in total. The highest BCUT2D eigenvalue weighted by Gasteiger charge is 2.30. The molecular formula is C28H22F3N3O3S. The van der Waals surface area contributed by atoms with Crippen LogP contribution in [-0.2, 0) is 6.18 Å². The molecule has 0 atom stereocenters. The summed E-state index contributed by atoms with van der Waals surface area (Å²) < 4.78 is 52.0. The third kappa shape index (κ3) is 5.70. The quantitative estimate of drug-likeness (QED) is 0.217. The number of alkyl halides is 3. The topological polar surface area (TPSA) is 69.6 Å². The van der Waals surface area contributed by atoms with E-state index in [2.05, 4.69) is 17.0 Å². The van der Waals surface area contributed by atoms with Crippen LogP contribution < -0.4 is 14.8 Å². The molecule has 0 amide bonds. The van der Waals surface area contributed by atoms with Gasteiger partial charge in [-0.05, 0) is 54.5 Å². The lowest BCUT2D eigenvalue weighted by Crippen LogP contribution is -2.23. The fraction of sp³-hybridized carbons (Fsp3) is 0.179. The molecule has 0 saturated carbocycles. The van der Waals surface area contributed by atoms with Crippen molar-refractivity contribution >= 4 is 34.5 Å². The molecule has 0 aliphatic heterocycles. The molecule has 6 nitrogen and oxygen atoms in total. The Morgan fingerprint density at radius 3 is 2.63 bits per heavy atom. The molecule has 194 valence electrons. The molecule has 5 aromatic rings. The molecule has 0 unspecified atom stereocenters. The zero-order chi connectivity index (χ0) is 26.7. The first-order valence-electron chi connectivity index (χ1n) is 11.9. The number of fused-ring (bicyclic) bond motifs is 1. The van der Waals surface area contributed by atoms with Gasteiger partial charge in [-0.3, -0.25) is 4.79 Å². The molecule has 3 aromatic heterocycles.